The average molecular weight is 395 g/mol. The van der Waals surface area contributed by atoms with Crippen LogP contribution in [0.25, 0.3) is 0 Å². The van der Waals surface area contributed by atoms with Gasteiger partial charge in [-0.15, -0.1) is 0 Å². The summed E-state index contributed by atoms with van der Waals surface area (Å²) in [6.45, 7) is 4.72. The van der Waals surface area contributed by atoms with E-state index in [0.717, 1.165) is 33.8 Å². The van der Waals surface area contributed by atoms with Crippen LogP contribution in [0.1, 0.15) is 39.3 Å². The number of ether oxygens (including phenoxy) is 1. The molecule has 2 aliphatic rings. The fourth-order valence-electron chi connectivity index (χ4n) is 4.57. The van der Waals surface area contributed by atoms with Crippen LogP contribution < -0.4 is 5.32 Å². The van der Waals surface area contributed by atoms with Gasteiger partial charge in [-0.1, -0.05) is 24.3 Å². The predicted octanol–water partition coefficient (Wildman–Crippen LogP) is 2.33. The van der Waals surface area contributed by atoms with Gasteiger partial charge in [-0.2, -0.15) is 0 Å². The molecule has 1 aromatic heterocycles. The van der Waals surface area contributed by atoms with Crippen molar-refractivity contribution in [2.24, 2.45) is 0 Å². The molecule has 29 heavy (non-hydrogen) atoms. The third-order valence-electron chi connectivity index (χ3n) is 6.12. The molecule has 1 atom stereocenters. The summed E-state index contributed by atoms with van der Waals surface area (Å²) in [7, 11) is 1.63. The van der Waals surface area contributed by atoms with Crippen molar-refractivity contribution in [3.8, 4) is 0 Å². The van der Waals surface area contributed by atoms with Crippen molar-refractivity contribution in [2.45, 2.75) is 38.8 Å². The lowest BCUT2D eigenvalue weighted by atomic mass is 9.92. The van der Waals surface area contributed by atoms with Crippen LogP contribution in [0.2, 0.25) is 0 Å². The summed E-state index contributed by atoms with van der Waals surface area (Å²) in [6.07, 6.45) is 1.25. The molecular weight excluding hydrogens is 370 g/mol. The number of Topliss-reactive ketones (excluding diaryl/α,β-unsaturated/α-hetero) is 1. The molecule has 2 aromatic rings. The molecule has 1 aromatic carbocycles. The Balaban J connectivity index is 1.57. The van der Waals surface area contributed by atoms with Gasteiger partial charge < -0.3 is 14.6 Å². The minimum absolute atomic E-state index is 0.242. The lowest BCUT2D eigenvalue weighted by molar-refractivity contribution is -0.131. The summed E-state index contributed by atoms with van der Waals surface area (Å²) in [5, 5.41) is 2.86. The molecule has 1 aliphatic heterocycles. The van der Waals surface area contributed by atoms with Crippen molar-refractivity contribution >= 4 is 17.7 Å². The molecule has 152 valence electrons. The molecule has 1 fully saturated rings. The second-order valence-corrected chi connectivity index (χ2v) is 7.74. The summed E-state index contributed by atoms with van der Waals surface area (Å²) >= 11 is 0. The fraction of sp³-hybridized carbons (Fsp3) is 0.409. The molecule has 1 N–H and O–H groups in total. The number of methoxy groups -OCH3 is 1. The number of nitrogens with zero attached hydrogens (tertiary/aromatic N) is 2. The number of nitrogens with one attached hydrogen (secondary N) is 1. The minimum atomic E-state index is -1.04. The van der Waals surface area contributed by atoms with Crippen LogP contribution in [0, 0.1) is 13.8 Å². The number of amides is 3. The van der Waals surface area contributed by atoms with E-state index in [1.54, 1.807) is 7.11 Å². The maximum Gasteiger partial charge on any atom is 0.325 e. The summed E-state index contributed by atoms with van der Waals surface area (Å²) in [5.41, 5.74) is 3.16. The minimum Gasteiger partial charge on any atom is -0.383 e. The predicted molar refractivity (Wildman–Crippen MR) is 107 cm³/mol. The van der Waals surface area contributed by atoms with Crippen molar-refractivity contribution in [2.75, 3.05) is 20.3 Å². The Morgan fingerprint density at radius 2 is 2.00 bits per heavy atom. The zero-order valence-corrected chi connectivity index (χ0v) is 16.9. The maximum absolute atomic E-state index is 13.2. The van der Waals surface area contributed by atoms with Crippen molar-refractivity contribution in [1.82, 2.24) is 14.8 Å². The van der Waals surface area contributed by atoms with E-state index in [1.165, 1.54) is 0 Å². The molecule has 1 spiro atoms. The summed E-state index contributed by atoms with van der Waals surface area (Å²) in [6, 6.07) is 8.97. The number of hydrogen-bond donors (Lipinski definition) is 1. The van der Waals surface area contributed by atoms with E-state index in [2.05, 4.69) is 5.32 Å². The highest BCUT2D eigenvalue weighted by Gasteiger charge is 2.55. The highest BCUT2D eigenvalue weighted by atomic mass is 16.5. The zero-order valence-electron chi connectivity index (χ0n) is 16.9. The molecule has 0 radical (unpaired) electrons. The first kappa shape index (κ1) is 19.4. The first-order valence-corrected chi connectivity index (χ1v) is 9.80. The van der Waals surface area contributed by atoms with Gasteiger partial charge >= 0.3 is 6.03 Å². The van der Waals surface area contributed by atoms with Crippen LogP contribution in [0.15, 0.2) is 30.3 Å². The standard InChI is InChI=1S/C22H25N3O4/c1-14-12-17(15(2)24(14)10-11-29-3)19(26)13-25-20(27)22(23-21(25)28)9-8-16-6-4-5-7-18(16)22/h4-7,12H,8-11,13H2,1-3H3,(H,23,28)/t22-/m0/s1. The van der Waals surface area contributed by atoms with Crippen LogP contribution in [0.3, 0.4) is 0 Å². The van der Waals surface area contributed by atoms with E-state index < -0.39 is 11.6 Å². The van der Waals surface area contributed by atoms with Gasteiger partial charge in [-0.25, -0.2) is 4.79 Å². The second kappa shape index (κ2) is 7.15. The van der Waals surface area contributed by atoms with Gasteiger partial charge in [-0.05, 0) is 43.9 Å². The van der Waals surface area contributed by atoms with Crippen molar-refractivity contribution in [3.05, 3.63) is 58.4 Å². The zero-order chi connectivity index (χ0) is 20.8. The number of hydrogen-bond acceptors (Lipinski definition) is 4. The average Bonchev–Trinajstić information content (AvgIpc) is 3.29. The van der Waals surface area contributed by atoms with Gasteiger partial charge in [0.15, 0.2) is 5.78 Å². The summed E-state index contributed by atoms with van der Waals surface area (Å²) in [5.74, 6) is -0.581. The number of benzene rings is 1. The van der Waals surface area contributed by atoms with Crippen molar-refractivity contribution in [1.29, 1.82) is 0 Å². The van der Waals surface area contributed by atoms with Gasteiger partial charge in [0.2, 0.25) is 0 Å². The third kappa shape index (κ3) is 2.97. The molecule has 4 rings (SSSR count). The van der Waals surface area contributed by atoms with E-state index in [-0.39, 0.29) is 18.2 Å². The normalized spacial score (nSPS) is 20.4. The summed E-state index contributed by atoms with van der Waals surface area (Å²) < 4.78 is 7.14. The topological polar surface area (TPSA) is 80.6 Å². The molecular formula is C22H25N3O4. The Morgan fingerprint density at radius 3 is 2.76 bits per heavy atom. The lowest BCUT2D eigenvalue weighted by Crippen LogP contribution is -2.42. The van der Waals surface area contributed by atoms with E-state index in [0.29, 0.717) is 25.1 Å². The first-order valence-electron chi connectivity index (χ1n) is 9.80. The Labute approximate surface area is 169 Å². The molecule has 0 saturated carbocycles. The van der Waals surface area contributed by atoms with Crippen LogP contribution in [0.4, 0.5) is 4.79 Å². The number of rotatable bonds is 6. The smallest absolute Gasteiger partial charge is 0.325 e. The van der Waals surface area contributed by atoms with E-state index in [1.807, 2.05) is 48.7 Å². The number of carbonyl (C=O) groups excluding carboxylic acids is 3. The maximum atomic E-state index is 13.2. The van der Waals surface area contributed by atoms with Crippen LogP contribution in [-0.2, 0) is 28.0 Å². The van der Waals surface area contributed by atoms with E-state index >= 15 is 0 Å². The molecule has 3 amide bonds. The molecule has 2 heterocycles. The SMILES string of the molecule is COCCn1c(C)cc(C(=O)CN2C(=O)N[C@]3(CCc4ccccc43)C2=O)c1C. The molecule has 1 aliphatic carbocycles. The van der Waals surface area contributed by atoms with Crippen LogP contribution in [-0.4, -0.2) is 47.4 Å². The lowest BCUT2D eigenvalue weighted by Gasteiger charge is -2.22. The molecule has 1 saturated heterocycles. The molecule has 7 heteroatoms. The highest BCUT2D eigenvalue weighted by Crippen LogP contribution is 2.41. The largest absolute Gasteiger partial charge is 0.383 e. The fourth-order valence-corrected chi connectivity index (χ4v) is 4.57. The Morgan fingerprint density at radius 1 is 1.24 bits per heavy atom. The Bertz CT molecular complexity index is 1010. The number of fused-ring (bicyclic) bond motifs is 2. The molecule has 7 nitrogen and oxygen atoms in total. The van der Waals surface area contributed by atoms with Crippen LogP contribution >= 0.6 is 0 Å². The van der Waals surface area contributed by atoms with E-state index in [9.17, 15) is 14.4 Å². The van der Waals surface area contributed by atoms with Gasteiger partial charge in [0.05, 0.1) is 13.2 Å². The number of ketones is 1. The molecule has 0 bridgehead atoms. The van der Waals surface area contributed by atoms with Gasteiger partial charge in [0, 0.05) is 30.6 Å². The number of urea groups is 1. The number of aromatic nitrogens is 1. The van der Waals surface area contributed by atoms with Crippen LogP contribution in [0.5, 0.6) is 0 Å². The second-order valence-electron chi connectivity index (χ2n) is 7.74. The first-order chi connectivity index (χ1) is 13.9. The Kier molecular flexibility index (Phi) is 4.78. The monoisotopic (exact) mass is 395 g/mol. The highest BCUT2D eigenvalue weighted by molar-refractivity contribution is 6.12. The number of aryl methyl sites for hydroxylation is 2. The van der Waals surface area contributed by atoms with Gasteiger partial charge in [-0.3, -0.25) is 14.5 Å². The van der Waals surface area contributed by atoms with Crippen molar-refractivity contribution in [3.63, 3.8) is 0 Å². The van der Waals surface area contributed by atoms with Crippen molar-refractivity contribution < 1.29 is 19.1 Å². The van der Waals surface area contributed by atoms with E-state index in [4.69, 9.17) is 4.74 Å². The number of carbonyl (C=O) groups is 3. The van der Waals surface area contributed by atoms with Gasteiger partial charge in [0.25, 0.3) is 5.91 Å². The quantitative estimate of drug-likeness (QED) is 0.601. The van der Waals surface area contributed by atoms with Gasteiger partial charge in [0.1, 0.15) is 5.54 Å². The number of imide groups is 1. The third-order valence-corrected chi connectivity index (χ3v) is 6.12. The summed E-state index contributed by atoms with van der Waals surface area (Å²) in [4.78, 5) is 39.9. The Hall–Kier alpha value is -2.93. The molecule has 0 unspecified atom stereocenters.